The van der Waals surface area contributed by atoms with Crippen LogP contribution in [-0.4, -0.2) is 25.2 Å². The molecule has 0 spiro atoms. The highest BCUT2D eigenvalue weighted by molar-refractivity contribution is 9.10. The van der Waals surface area contributed by atoms with E-state index in [4.69, 9.17) is 4.74 Å². The highest BCUT2D eigenvalue weighted by atomic mass is 79.9. The van der Waals surface area contributed by atoms with E-state index in [-0.39, 0.29) is 0 Å². The molecule has 2 rings (SSSR count). The van der Waals surface area contributed by atoms with Crippen molar-refractivity contribution in [1.29, 1.82) is 0 Å². The lowest BCUT2D eigenvalue weighted by molar-refractivity contribution is 0.0541. The third-order valence-corrected chi connectivity index (χ3v) is 3.59. The molecule has 0 radical (unpaired) electrons. The molecule has 1 aliphatic rings. The van der Waals surface area contributed by atoms with E-state index in [1.165, 1.54) is 0 Å². The van der Waals surface area contributed by atoms with Crippen molar-refractivity contribution >= 4 is 15.9 Å². The molecule has 1 saturated heterocycles. The van der Waals surface area contributed by atoms with Crippen LogP contribution in [0, 0.1) is 5.92 Å². The first-order valence-electron chi connectivity index (χ1n) is 5.67. The summed E-state index contributed by atoms with van der Waals surface area (Å²) in [6, 6.07) is 4.48. The van der Waals surface area contributed by atoms with Gasteiger partial charge in [-0.25, -0.2) is 0 Å². The Balaban J connectivity index is 2.11. The Morgan fingerprint density at radius 3 is 2.75 bits per heavy atom. The zero-order chi connectivity index (χ0) is 11.4. The van der Waals surface area contributed by atoms with Crippen molar-refractivity contribution in [3.05, 3.63) is 28.5 Å². The van der Waals surface area contributed by atoms with Crippen molar-refractivity contribution < 1.29 is 4.74 Å². The van der Waals surface area contributed by atoms with E-state index < -0.39 is 0 Å². The minimum Gasteiger partial charge on any atom is -0.381 e. The summed E-state index contributed by atoms with van der Waals surface area (Å²) >= 11 is 3.41. The minimum absolute atomic E-state index is 0.344. The zero-order valence-electron chi connectivity index (χ0n) is 9.45. The molecule has 1 aliphatic heterocycles. The molecule has 1 unspecified atom stereocenters. The van der Waals surface area contributed by atoms with E-state index in [2.05, 4.69) is 32.3 Å². The summed E-state index contributed by atoms with van der Waals surface area (Å²) in [4.78, 5) is 4.47. The minimum atomic E-state index is 0.344. The molecular formula is C12H17BrN2O. The third-order valence-electron chi connectivity index (χ3n) is 3.12. The molecule has 1 fully saturated rings. The molecule has 1 aromatic heterocycles. The molecule has 0 saturated carbocycles. The van der Waals surface area contributed by atoms with Gasteiger partial charge in [-0.2, -0.15) is 0 Å². The van der Waals surface area contributed by atoms with Crippen LogP contribution in [0.4, 0.5) is 0 Å². The number of nitrogens with one attached hydrogen (secondary N) is 1. The zero-order valence-corrected chi connectivity index (χ0v) is 11.0. The fourth-order valence-corrected chi connectivity index (χ4v) is 2.48. The van der Waals surface area contributed by atoms with Crippen LogP contribution in [0.3, 0.4) is 0 Å². The Labute approximate surface area is 105 Å². The lowest BCUT2D eigenvalue weighted by atomic mass is 9.89. The fourth-order valence-electron chi connectivity index (χ4n) is 2.25. The highest BCUT2D eigenvalue weighted by Crippen LogP contribution is 2.28. The Morgan fingerprint density at radius 2 is 2.19 bits per heavy atom. The van der Waals surface area contributed by atoms with Crippen molar-refractivity contribution in [2.75, 3.05) is 20.3 Å². The molecule has 3 nitrogen and oxygen atoms in total. The highest BCUT2D eigenvalue weighted by Gasteiger charge is 2.24. The summed E-state index contributed by atoms with van der Waals surface area (Å²) in [5.74, 6) is 0.632. The van der Waals surface area contributed by atoms with E-state index in [0.717, 1.165) is 36.2 Å². The first-order chi connectivity index (χ1) is 7.81. The number of pyridine rings is 1. The molecule has 1 aromatic rings. The van der Waals surface area contributed by atoms with Crippen molar-refractivity contribution in [1.82, 2.24) is 10.3 Å². The summed E-state index contributed by atoms with van der Waals surface area (Å²) in [7, 11) is 2.00. The van der Waals surface area contributed by atoms with Crippen LogP contribution >= 0.6 is 15.9 Å². The van der Waals surface area contributed by atoms with E-state index >= 15 is 0 Å². The predicted molar refractivity (Wildman–Crippen MR) is 67.3 cm³/mol. The molecule has 2 heterocycles. The van der Waals surface area contributed by atoms with Gasteiger partial charge in [0.15, 0.2) is 0 Å². The van der Waals surface area contributed by atoms with Gasteiger partial charge in [0.1, 0.15) is 0 Å². The Bertz CT molecular complexity index is 322. The van der Waals surface area contributed by atoms with Gasteiger partial charge in [-0.1, -0.05) is 0 Å². The number of hydrogen-bond donors (Lipinski definition) is 1. The smallest absolute Gasteiger partial charge is 0.0576 e. The average molecular weight is 285 g/mol. The van der Waals surface area contributed by atoms with E-state index in [9.17, 15) is 0 Å². The lowest BCUT2D eigenvalue weighted by Crippen LogP contribution is -2.30. The standard InChI is InChI=1S/C12H17BrN2O/c1-14-12(9-4-6-16-7-5-9)11-3-2-10(13)8-15-11/h2-3,8-9,12,14H,4-7H2,1H3. The summed E-state index contributed by atoms with van der Waals surface area (Å²) in [6.45, 7) is 1.75. The SMILES string of the molecule is CNC(c1ccc(Br)cn1)C1CCOCC1. The van der Waals surface area contributed by atoms with Crippen molar-refractivity contribution in [3.8, 4) is 0 Å². The van der Waals surface area contributed by atoms with E-state index in [1.807, 2.05) is 19.3 Å². The number of ether oxygens (including phenoxy) is 1. The van der Waals surface area contributed by atoms with E-state index in [1.54, 1.807) is 0 Å². The maximum absolute atomic E-state index is 5.39. The maximum Gasteiger partial charge on any atom is 0.0576 e. The monoisotopic (exact) mass is 284 g/mol. The van der Waals surface area contributed by atoms with Gasteiger partial charge in [-0.15, -0.1) is 0 Å². The molecule has 16 heavy (non-hydrogen) atoms. The second kappa shape index (κ2) is 5.75. The second-order valence-corrected chi connectivity index (χ2v) is 5.03. The van der Waals surface area contributed by atoms with Crippen LogP contribution in [-0.2, 0) is 4.74 Å². The molecule has 4 heteroatoms. The summed E-state index contributed by atoms with van der Waals surface area (Å²) in [5, 5.41) is 3.37. The maximum atomic E-state index is 5.39. The van der Waals surface area contributed by atoms with Gasteiger partial charge in [-0.3, -0.25) is 4.98 Å². The predicted octanol–water partition coefficient (Wildman–Crippen LogP) is 2.53. The van der Waals surface area contributed by atoms with Gasteiger partial charge in [0.2, 0.25) is 0 Å². The summed E-state index contributed by atoms with van der Waals surface area (Å²) < 4.78 is 6.42. The number of halogens is 1. The fraction of sp³-hybridized carbons (Fsp3) is 0.583. The Morgan fingerprint density at radius 1 is 1.44 bits per heavy atom. The van der Waals surface area contributed by atoms with Gasteiger partial charge in [0, 0.05) is 23.9 Å². The van der Waals surface area contributed by atoms with Crippen molar-refractivity contribution in [2.24, 2.45) is 5.92 Å². The molecule has 1 N–H and O–H groups in total. The quantitative estimate of drug-likeness (QED) is 0.926. The largest absolute Gasteiger partial charge is 0.381 e. The first-order valence-corrected chi connectivity index (χ1v) is 6.47. The van der Waals surface area contributed by atoms with Gasteiger partial charge in [0.25, 0.3) is 0 Å². The van der Waals surface area contributed by atoms with Crippen LogP contribution in [0.2, 0.25) is 0 Å². The van der Waals surface area contributed by atoms with Crippen LogP contribution in [0.1, 0.15) is 24.6 Å². The number of nitrogens with zero attached hydrogens (tertiary/aromatic N) is 1. The first kappa shape index (κ1) is 12.0. The molecule has 0 amide bonds. The topological polar surface area (TPSA) is 34.2 Å². The van der Waals surface area contributed by atoms with Crippen LogP contribution in [0.5, 0.6) is 0 Å². The number of rotatable bonds is 3. The molecule has 88 valence electrons. The van der Waals surface area contributed by atoms with Crippen LogP contribution < -0.4 is 5.32 Å². The molecule has 0 aromatic carbocycles. The normalized spacial score (nSPS) is 19.6. The van der Waals surface area contributed by atoms with Gasteiger partial charge >= 0.3 is 0 Å². The Kier molecular flexibility index (Phi) is 4.32. The van der Waals surface area contributed by atoms with Crippen molar-refractivity contribution in [3.63, 3.8) is 0 Å². The van der Waals surface area contributed by atoms with Crippen molar-refractivity contribution in [2.45, 2.75) is 18.9 Å². The number of aromatic nitrogens is 1. The second-order valence-electron chi connectivity index (χ2n) is 4.12. The molecule has 0 aliphatic carbocycles. The summed E-state index contributed by atoms with van der Waals surface area (Å²) in [6.07, 6.45) is 4.09. The van der Waals surface area contributed by atoms with Gasteiger partial charge < -0.3 is 10.1 Å². The molecule has 1 atom stereocenters. The van der Waals surface area contributed by atoms with Crippen LogP contribution in [0.15, 0.2) is 22.8 Å². The average Bonchev–Trinajstić information content (AvgIpc) is 2.34. The Hall–Kier alpha value is -0.450. The lowest BCUT2D eigenvalue weighted by Gasteiger charge is -2.29. The third kappa shape index (κ3) is 2.81. The number of hydrogen-bond acceptors (Lipinski definition) is 3. The van der Waals surface area contributed by atoms with Gasteiger partial charge in [0.05, 0.1) is 11.7 Å². The summed E-state index contributed by atoms with van der Waals surface area (Å²) in [5.41, 5.74) is 1.12. The van der Waals surface area contributed by atoms with E-state index in [0.29, 0.717) is 12.0 Å². The molecule has 0 bridgehead atoms. The van der Waals surface area contributed by atoms with Gasteiger partial charge in [-0.05, 0) is 53.9 Å². The van der Waals surface area contributed by atoms with Crippen LogP contribution in [0.25, 0.3) is 0 Å². The molecular weight excluding hydrogens is 268 g/mol.